The molecule has 0 saturated heterocycles. The highest BCUT2D eigenvalue weighted by atomic mass is 15.0. The minimum absolute atomic E-state index is 0.967. The van der Waals surface area contributed by atoms with E-state index in [0.29, 0.717) is 0 Å². The lowest BCUT2D eigenvalue weighted by Crippen LogP contribution is -2.16. The normalized spacial score (nSPS) is 14.5. The van der Waals surface area contributed by atoms with E-state index in [1.54, 1.807) is 0 Å². The Hall–Kier alpha value is -1.38. The van der Waals surface area contributed by atoms with Crippen molar-refractivity contribution in [2.24, 2.45) is 0 Å². The van der Waals surface area contributed by atoms with Crippen LogP contribution in [0.2, 0.25) is 0 Å². The van der Waals surface area contributed by atoms with Crippen LogP contribution in [0.4, 0.5) is 0 Å². The van der Waals surface area contributed by atoms with Crippen LogP contribution in [0.3, 0.4) is 0 Å². The summed E-state index contributed by atoms with van der Waals surface area (Å²) in [5.41, 5.74) is 5.80. The van der Waals surface area contributed by atoms with Crippen molar-refractivity contribution in [1.29, 1.82) is 0 Å². The number of unbranched alkanes of at least 4 members (excludes halogenated alkanes) is 1. The second kappa shape index (κ2) is 8.16. The zero-order chi connectivity index (χ0) is 15.1. The van der Waals surface area contributed by atoms with Gasteiger partial charge in [0, 0.05) is 13.1 Å². The van der Waals surface area contributed by atoms with Crippen LogP contribution in [0.15, 0.2) is 42.0 Å². The van der Waals surface area contributed by atoms with Crippen molar-refractivity contribution in [1.82, 2.24) is 10.2 Å². The van der Waals surface area contributed by atoms with Crippen LogP contribution < -0.4 is 5.32 Å². The van der Waals surface area contributed by atoms with E-state index >= 15 is 0 Å². The van der Waals surface area contributed by atoms with Crippen LogP contribution in [0.5, 0.6) is 0 Å². The fourth-order valence-corrected chi connectivity index (χ4v) is 2.82. The van der Waals surface area contributed by atoms with Crippen molar-refractivity contribution < 1.29 is 0 Å². The maximum Gasteiger partial charge on any atom is 0.0230 e. The highest BCUT2D eigenvalue weighted by Crippen LogP contribution is 2.31. The van der Waals surface area contributed by atoms with Crippen LogP contribution in [0.25, 0.3) is 5.57 Å². The van der Waals surface area contributed by atoms with Gasteiger partial charge in [-0.3, -0.25) is 0 Å². The Kier molecular flexibility index (Phi) is 6.21. The minimum atomic E-state index is 0.967. The molecule has 1 aromatic rings. The molecule has 1 aliphatic carbocycles. The average Bonchev–Trinajstić information content (AvgIpc) is 2.91. The van der Waals surface area contributed by atoms with E-state index in [-0.39, 0.29) is 0 Å². The first kappa shape index (κ1) is 16.0. The van der Waals surface area contributed by atoms with E-state index < -0.39 is 0 Å². The molecule has 0 saturated carbocycles. The molecule has 2 rings (SSSR count). The van der Waals surface area contributed by atoms with E-state index in [9.17, 15) is 0 Å². The van der Waals surface area contributed by atoms with Crippen LogP contribution in [-0.2, 0) is 6.54 Å². The number of hydrogen-bond donors (Lipinski definition) is 1. The van der Waals surface area contributed by atoms with E-state index in [1.165, 1.54) is 35.1 Å². The molecule has 0 unspecified atom stereocenters. The summed E-state index contributed by atoms with van der Waals surface area (Å²) >= 11 is 0. The number of hydrogen-bond acceptors (Lipinski definition) is 2. The van der Waals surface area contributed by atoms with Gasteiger partial charge in [-0.15, -0.1) is 0 Å². The summed E-state index contributed by atoms with van der Waals surface area (Å²) in [7, 11) is 4.27. The Bertz CT molecular complexity index is 512. The zero-order valence-corrected chi connectivity index (χ0v) is 13.7. The molecule has 0 heterocycles. The van der Waals surface area contributed by atoms with Crippen LogP contribution in [0.1, 0.15) is 37.3 Å². The molecule has 1 N–H and O–H groups in total. The van der Waals surface area contributed by atoms with E-state index in [0.717, 1.165) is 26.1 Å². The first-order chi connectivity index (χ1) is 10.2. The van der Waals surface area contributed by atoms with E-state index in [1.807, 2.05) is 0 Å². The largest absolute Gasteiger partial charge is 0.313 e. The molecule has 0 aliphatic heterocycles. The first-order valence-electron chi connectivity index (χ1n) is 8.04. The molecule has 21 heavy (non-hydrogen) atoms. The molecule has 114 valence electrons. The maximum atomic E-state index is 3.57. The third-order valence-electron chi connectivity index (χ3n) is 3.88. The first-order valence-corrected chi connectivity index (χ1v) is 8.04. The molecular weight excluding hydrogens is 256 g/mol. The molecule has 0 spiro atoms. The third kappa shape index (κ3) is 4.55. The summed E-state index contributed by atoms with van der Waals surface area (Å²) in [5.74, 6) is 0. The summed E-state index contributed by atoms with van der Waals surface area (Å²) in [6, 6.07) is 8.83. The van der Waals surface area contributed by atoms with Crippen molar-refractivity contribution in [3.05, 3.63) is 53.1 Å². The van der Waals surface area contributed by atoms with Crippen LogP contribution >= 0.6 is 0 Å². The van der Waals surface area contributed by atoms with Crippen molar-refractivity contribution in [3.8, 4) is 0 Å². The Labute approximate surface area is 129 Å². The summed E-state index contributed by atoms with van der Waals surface area (Å²) in [5, 5.41) is 3.57. The molecule has 2 nitrogen and oxygen atoms in total. The van der Waals surface area contributed by atoms with E-state index in [4.69, 9.17) is 0 Å². The second-order valence-electron chi connectivity index (χ2n) is 6.04. The Morgan fingerprint density at radius 2 is 2.00 bits per heavy atom. The molecule has 1 aromatic carbocycles. The van der Waals surface area contributed by atoms with Crippen LogP contribution in [0, 0.1) is 0 Å². The molecule has 0 bridgehead atoms. The summed E-state index contributed by atoms with van der Waals surface area (Å²) < 4.78 is 0. The number of allylic oxidation sites excluding steroid dienone is 2. The Morgan fingerprint density at radius 1 is 1.19 bits per heavy atom. The van der Waals surface area contributed by atoms with E-state index in [2.05, 4.69) is 67.7 Å². The number of nitrogens with one attached hydrogen (secondary N) is 1. The van der Waals surface area contributed by atoms with Crippen molar-refractivity contribution in [2.75, 3.05) is 27.2 Å². The lowest BCUT2D eigenvalue weighted by molar-refractivity contribution is 0.450. The average molecular weight is 284 g/mol. The topological polar surface area (TPSA) is 15.3 Å². The molecule has 0 fully saturated rings. The van der Waals surface area contributed by atoms with Gasteiger partial charge in [-0.05, 0) is 55.8 Å². The van der Waals surface area contributed by atoms with Crippen molar-refractivity contribution in [2.45, 2.75) is 32.7 Å². The van der Waals surface area contributed by atoms with Gasteiger partial charge in [0.15, 0.2) is 0 Å². The van der Waals surface area contributed by atoms with Crippen molar-refractivity contribution >= 4 is 5.57 Å². The number of rotatable bonds is 8. The third-order valence-corrected chi connectivity index (χ3v) is 3.88. The fourth-order valence-electron chi connectivity index (χ4n) is 2.82. The summed E-state index contributed by atoms with van der Waals surface area (Å²) in [6.45, 7) is 5.32. The fraction of sp³-hybridized carbons (Fsp3) is 0.474. The maximum absolute atomic E-state index is 3.57. The summed E-state index contributed by atoms with van der Waals surface area (Å²) in [6.07, 6.45) is 8.14. The van der Waals surface area contributed by atoms with Gasteiger partial charge in [0.2, 0.25) is 0 Å². The molecule has 0 atom stereocenters. The van der Waals surface area contributed by atoms with Gasteiger partial charge in [-0.1, -0.05) is 49.8 Å². The quantitative estimate of drug-likeness (QED) is 0.729. The van der Waals surface area contributed by atoms with Gasteiger partial charge in [0.1, 0.15) is 0 Å². The molecule has 1 aliphatic rings. The van der Waals surface area contributed by atoms with Gasteiger partial charge in [-0.2, -0.15) is 0 Å². The SMILES string of the molecule is CCCCNCc1ccccc1C1=C(CN(C)C)C=CC1. The predicted molar refractivity (Wildman–Crippen MR) is 92.3 cm³/mol. The van der Waals surface area contributed by atoms with Gasteiger partial charge < -0.3 is 10.2 Å². The predicted octanol–water partition coefficient (Wildman–Crippen LogP) is 3.85. The van der Waals surface area contributed by atoms with Gasteiger partial charge >= 0.3 is 0 Å². The lowest BCUT2D eigenvalue weighted by Gasteiger charge is -2.16. The zero-order valence-electron chi connectivity index (χ0n) is 13.7. The molecule has 0 radical (unpaired) electrons. The molecule has 2 heteroatoms. The van der Waals surface area contributed by atoms with Gasteiger partial charge in [-0.25, -0.2) is 0 Å². The number of nitrogens with zero attached hydrogens (tertiary/aromatic N) is 1. The molecular formula is C19H28N2. The monoisotopic (exact) mass is 284 g/mol. The Balaban J connectivity index is 2.15. The second-order valence-corrected chi connectivity index (χ2v) is 6.04. The number of likely N-dealkylation sites (N-methyl/N-ethyl adjacent to an activating group) is 1. The highest BCUT2D eigenvalue weighted by molar-refractivity contribution is 5.77. The Morgan fingerprint density at radius 3 is 2.76 bits per heavy atom. The minimum Gasteiger partial charge on any atom is -0.313 e. The van der Waals surface area contributed by atoms with Gasteiger partial charge in [0.05, 0.1) is 0 Å². The molecule has 0 aromatic heterocycles. The standard InChI is InChI=1S/C19H28N2/c1-4-5-13-20-14-16-9-6-7-11-18(16)19-12-8-10-17(19)15-21(2)3/h6-11,20H,4-5,12-15H2,1-3H3. The van der Waals surface area contributed by atoms with Crippen molar-refractivity contribution in [3.63, 3.8) is 0 Å². The highest BCUT2D eigenvalue weighted by Gasteiger charge is 2.14. The lowest BCUT2D eigenvalue weighted by atomic mass is 9.96. The summed E-state index contributed by atoms with van der Waals surface area (Å²) in [4.78, 5) is 2.24. The van der Waals surface area contributed by atoms with Crippen LogP contribution in [-0.4, -0.2) is 32.1 Å². The number of benzene rings is 1. The smallest absolute Gasteiger partial charge is 0.0230 e. The molecule has 0 amide bonds. The van der Waals surface area contributed by atoms with Gasteiger partial charge in [0.25, 0.3) is 0 Å².